The van der Waals surface area contributed by atoms with Crippen molar-refractivity contribution in [3.63, 3.8) is 0 Å². The Morgan fingerprint density at radius 2 is 2.22 bits per heavy atom. The molecule has 4 heteroatoms. The number of methoxy groups -OCH3 is 1. The van der Waals surface area contributed by atoms with Crippen molar-refractivity contribution in [2.75, 3.05) is 19.0 Å². The molecule has 2 N–H and O–H groups in total. The van der Waals surface area contributed by atoms with Crippen LogP contribution in [0.25, 0.3) is 10.8 Å². The molecular weight excluding hydrogens is 228 g/mol. The highest BCUT2D eigenvalue weighted by Gasteiger charge is 2.09. The monoisotopic (exact) mass is 246 g/mol. The van der Waals surface area contributed by atoms with Crippen LogP contribution in [-0.2, 0) is 4.74 Å². The summed E-state index contributed by atoms with van der Waals surface area (Å²) >= 11 is 0. The predicted octanol–water partition coefficient (Wildman–Crippen LogP) is 2.78. The quantitative estimate of drug-likeness (QED) is 0.851. The van der Waals surface area contributed by atoms with E-state index in [-0.39, 0.29) is 11.8 Å². The number of phenolic OH excluding ortho intramolecular Hbond substituents is 1. The van der Waals surface area contributed by atoms with Gasteiger partial charge in [0.05, 0.1) is 12.6 Å². The molecule has 0 saturated carbocycles. The lowest BCUT2D eigenvalue weighted by molar-refractivity contribution is 0.184. The van der Waals surface area contributed by atoms with Crippen molar-refractivity contribution in [1.29, 1.82) is 0 Å². The summed E-state index contributed by atoms with van der Waals surface area (Å²) < 4.78 is 5.16. The van der Waals surface area contributed by atoms with E-state index in [0.29, 0.717) is 6.61 Å². The Hall–Kier alpha value is -1.81. The first kappa shape index (κ1) is 12.6. The van der Waals surface area contributed by atoms with Crippen LogP contribution in [0.3, 0.4) is 0 Å². The van der Waals surface area contributed by atoms with Gasteiger partial charge in [0, 0.05) is 18.7 Å². The van der Waals surface area contributed by atoms with E-state index >= 15 is 0 Å². The molecule has 1 aromatic heterocycles. The lowest BCUT2D eigenvalue weighted by atomic mass is 10.1. The van der Waals surface area contributed by atoms with Gasteiger partial charge in [0.15, 0.2) is 0 Å². The van der Waals surface area contributed by atoms with Gasteiger partial charge in [-0.3, -0.25) is 0 Å². The van der Waals surface area contributed by atoms with Crippen LogP contribution in [0.4, 0.5) is 5.82 Å². The molecule has 1 unspecified atom stereocenters. The number of rotatable bonds is 5. The standard InChI is InChI=1S/C14H18N2O2/c1-3-11(9-18-2)16-14-13-8-12(17)5-4-10(13)6-7-15-14/h4-8,11,17H,3,9H2,1-2H3,(H,15,16). The number of pyridine rings is 1. The number of aromatic hydroxyl groups is 1. The van der Waals surface area contributed by atoms with Crippen LogP contribution in [0.2, 0.25) is 0 Å². The van der Waals surface area contributed by atoms with Gasteiger partial charge in [0.1, 0.15) is 11.6 Å². The molecule has 2 rings (SSSR count). The third kappa shape index (κ3) is 2.71. The summed E-state index contributed by atoms with van der Waals surface area (Å²) in [6.07, 6.45) is 2.71. The van der Waals surface area contributed by atoms with E-state index < -0.39 is 0 Å². The topological polar surface area (TPSA) is 54.4 Å². The van der Waals surface area contributed by atoms with Crippen molar-refractivity contribution in [3.05, 3.63) is 30.5 Å². The molecule has 1 heterocycles. The number of fused-ring (bicyclic) bond motifs is 1. The Morgan fingerprint density at radius 1 is 1.39 bits per heavy atom. The van der Waals surface area contributed by atoms with Gasteiger partial charge in [-0.25, -0.2) is 4.98 Å². The predicted molar refractivity (Wildman–Crippen MR) is 73.0 cm³/mol. The smallest absolute Gasteiger partial charge is 0.134 e. The maximum absolute atomic E-state index is 9.57. The Kier molecular flexibility index (Phi) is 3.99. The fourth-order valence-corrected chi connectivity index (χ4v) is 1.93. The second-order valence-corrected chi connectivity index (χ2v) is 4.27. The van der Waals surface area contributed by atoms with E-state index in [1.54, 1.807) is 25.4 Å². The molecule has 0 aliphatic rings. The van der Waals surface area contributed by atoms with E-state index in [1.807, 2.05) is 12.1 Å². The summed E-state index contributed by atoms with van der Waals surface area (Å²) in [6, 6.07) is 7.44. The SMILES string of the molecule is CCC(COC)Nc1nccc2ccc(O)cc12. The summed E-state index contributed by atoms with van der Waals surface area (Å²) in [5, 5.41) is 14.9. The lowest BCUT2D eigenvalue weighted by Crippen LogP contribution is -2.24. The number of benzene rings is 1. The maximum atomic E-state index is 9.57. The molecule has 0 fully saturated rings. The van der Waals surface area contributed by atoms with Crippen LogP contribution in [0, 0.1) is 0 Å². The molecular formula is C14H18N2O2. The van der Waals surface area contributed by atoms with Crippen LogP contribution in [0.1, 0.15) is 13.3 Å². The van der Waals surface area contributed by atoms with Gasteiger partial charge in [-0.15, -0.1) is 0 Å². The van der Waals surface area contributed by atoms with Crippen molar-refractivity contribution in [2.24, 2.45) is 0 Å². The summed E-state index contributed by atoms with van der Waals surface area (Å²) in [5.41, 5.74) is 0. The summed E-state index contributed by atoms with van der Waals surface area (Å²) in [4.78, 5) is 4.34. The highest BCUT2D eigenvalue weighted by molar-refractivity contribution is 5.92. The van der Waals surface area contributed by atoms with Crippen molar-refractivity contribution in [1.82, 2.24) is 4.98 Å². The first-order valence-corrected chi connectivity index (χ1v) is 6.07. The Morgan fingerprint density at radius 3 is 2.94 bits per heavy atom. The minimum atomic E-state index is 0.218. The number of nitrogens with one attached hydrogen (secondary N) is 1. The molecule has 0 aliphatic carbocycles. The lowest BCUT2D eigenvalue weighted by Gasteiger charge is -2.17. The molecule has 0 radical (unpaired) electrons. The van der Waals surface area contributed by atoms with Gasteiger partial charge < -0.3 is 15.2 Å². The molecule has 18 heavy (non-hydrogen) atoms. The third-order valence-corrected chi connectivity index (χ3v) is 2.95. The van der Waals surface area contributed by atoms with Crippen LogP contribution in [0.15, 0.2) is 30.5 Å². The number of nitrogens with zero attached hydrogens (tertiary/aromatic N) is 1. The zero-order valence-corrected chi connectivity index (χ0v) is 10.7. The van der Waals surface area contributed by atoms with E-state index in [9.17, 15) is 5.11 Å². The average Bonchev–Trinajstić information content (AvgIpc) is 2.38. The van der Waals surface area contributed by atoms with Gasteiger partial charge in [0.2, 0.25) is 0 Å². The van der Waals surface area contributed by atoms with Crippen LogP contribution in [-0.4, -0.2) is 29.8 Å². The van der Waals surface area contributed by atoms with Crippen molar-refractivity contribution in [3.8, 4) is 5.75 Å². The molecule has 4 nitrogen and oxygen atoms in total. The molecule has 0 saturated heterocycles. The van der Waals surface area contributed by atoms with E-state index in [0.717, 1.165) is 23.0 Å². The molecule has 0 spiro atoms. The zero-order valence-electron chi connectivity index (χ0n) is 10.7. The minimum absolute atomic E-state index is 0.218. The van der Waals surface area contributed by atoms with E-state index in [2.05, 4.69) is 17.2 Å². The Bertz CT molecular complexity index is 528. The maximum Gasteiger partial charge on any atom is 0.134 e. The third-order valence-electron chi connectivity index (χ3n) is 2.95. The number of anilines is 1. The second kappa shape index (κ2) is 5.69. The number of hydrogen-bond donors (Lipinski definition) is 2. The fraction of sp³-hybridized carbons (Fsp3) is 0.357. The second-order valence-electron chi connectivity index (χ2n) is 4.27. The average molecular weight is 246 g/mol. The number of ether oxygens (including phenoxy) is 1. The summed E-state index contributed by atoms with van der Waals surface area (Å²) in [7, 11) is 1.69. The van der Waals surface area contributed by atoms with Gasteiger partial charge >= 0.3 is 0 Å². The zero-order chi connectivity index (χ0) is 13.0. The Balaban J connectivity index is 2.34. The summed E-state index contributed by atoms with van der Waals surface area (Å²) in [6.45, 7) is 2.73. The fourth-order valence-electron chi connectivity index (χ4n) is 1.93. The molecule has 0 bridgehead atoms. The van der Waals surface area contributed by atoms with Gasteiger partial charge in [-0.1, -0.05) is 13.0 Å². The highest BCUT2D eigenvalue weighted by Crippen LogP contribution is 2.25. The number of hydrogen-bond acceptors (Lipinski definition) is 4. The van der Waals surface area contributed by atoms with E-state index in [4.69, 9.17) is 4.74 Å². The van der Waals surface area contributed by atoms with Crippen molar-refractivity contribution in [2.45, 2.75) is 19.4 Å². The normalized spacial score (nSPS) is 12.6. The van der Waals surface area contributed by atoms with Gasteiger partial charge in [0.25, 0.3) is 0 Å². The first-order valence-electron chi connectivity index (χ1n) is 6.07. The number of phenols is 1. The molecule has 0 amide bonds. The molecule has 2 aromatic rings. The van der Waals surface area contributed by atoms with Gasteiger partial charge in [-0.2, -0.15) is 0 Å². The molecule has 1 aromatic carbocycles. The molecule has 1 atom stereocenters. The largest absolute Gasteiger partial charge is 0.508 e. The minimum Gasteiger partial charge on any atom is -0.508 e. The van der Waals surface area contributed by atoms with E-state index in [1.165, 1.54) is 0 Å². The number of aromatic nitrogens is 1. The van der Waals surface area contributed by atoms with Crippen molar-refractivity contribution < 1.29 is 9.84 Å². The van der Waals surface area contributed by atoms with Crippen LogP contribution < -0.4 is 5.32 Å². The first-order chi connectivity index (χ1) is 8.74. The Labute approximate surface area is 107 Å². The molecule has 96 valence electrons. The van der Waals surface area contributed by atoms with Gasteiger partial charge in [-0.05, 0) is 30.0 Å². The van der Waals surface area contributed by atoms with Crippen LogP contribution >= 0.6 is 0 Å². The molecule has 0 aliphatic heterocycles. The summed E-state index contributed by atoms with van der Waals surface area (Å²) in [5.74, 6) is 1.03. The van der Waals surface area contributed by atoms with Crippen LogP contribution in [0.5, 0.6) is 5.75 Å². The van der Waals surface area contributed by atoms with Crippen molar-refractivity contribution >= 4 is 16.6 Å². The highest BCUT2D eigenvalue weighted by atomic mass is 16.5.